The van der Waals surface area contributed by atoms with E-state index in [4.69, 9.17) is 14.2 Å². The number of rotatable bonds is 6. The molecule has 0 spiro atoms. The van der Waals surface area contributed by atoms with Crippen LogP contribution in [0.5, 0.6) is 11.5 Å². The van der Waals surface area contributed by atoms with E-state index in [0.29, 0.717) is 41.4 Å². The quantitative estimate of drug-likeness (QED) is 0.460. The van der Waals surface area contributed by atoms with Crippen molar-refractivity contribution in [1.82, 2.24) is 0 Å². The normalized spacial score (nSPS) is 13.0. The lowest BCUT2D eigenvalue weighted by molar-refractivity contribution is 0.0990. The van der Waals surface area contributed by atoms with E-state index in [2.05, 4.69) is 0 Å². The highest BCUT2D eigenvalue weighted by molar-refractivity contribution is 6.41. The molecule has 0 bridgehead atoms. The molecule has 0 heterocycles. The summed E-state index contributed by atoms with van der Waals surface area (Å²) in [7, 11) is 3.14. The Morgan fingerprint density at radius 1 is 0.880 bits per heavy atom. The molecular weight excluding hydrogens is 320 g/mol. The van der Waals surface area contributed by atoms with E-state index in [1.54, 1.807) is 55.7 Å². The van der Waals surface area contributed by atoms with Crippen molar-refractivity contribution in [3.8, 4) is 11.5 Å². The Morgan fingerprint density at radius 3 is 2.16 bits per heavy atom. The van der Waals surface area contributed by atoms with Crippen LogP contribution in [0.4, 0.5) is 0 Å². The van der Waals surface area contributed by atoms with E-state index >= 15 is 0 Å². The average Bonchev–Trinajstić information content (AvgIpc) is 2.88. The van der Waals surface area contributed by atoms with Crippen LogP contribution in [0, 0.1) is 0 Å². The van der Waals surface area contributed by atoms with Crippen LogP contribution in [0.15, 0.2) is 48.0 Å². The zero-order valence-corrected chi connectivity index (χ0v) is 14.1. The first-order valence-electron chi connectivity index (χ1n) is 7.85. The summed E-state index contributed by atoms with van der Waals surface area (Å²) in [5.74, 6) is 0.606. The molecule has 0 fully saturated rings. The van der Waals surface area contributed by atoms with Crippen LogP contribution < -0.4 is 9.47 Å². The Kier molecular flexibility index (Phi) is 4.95. The SMILES string of the molecule is COCCOc1ccc(C=C2C(=O)c3ccccc3C2=O)cc1OC. The molecule has 5 heteroatoms. The van der Waals surface area contributed by atoms with E-state index in [1.165, 1.54) is 7.11 Å². The zero-order chi connectivity index (χ0) is 17.8. The molecule has 0 radical (unpaired) electrons. The van der Waals surface area contributed by atoms with E-state index in [0.717, 1.165) is 0 Å². The van der Waals surface area contributed by atoms with Gasteiger partial charge in [0.05, 0.1) is 19.3 Å². The van der Waals surface area contributed by atoms with Gasteiger partial charge in [0.1, 0.15) is 6.61 Å². The average molecular weight is 338 g/mol. The standard InChI is InChI=1S/C20H18O5/c1-23-9-10-25-17-8-7-13(12-18(17)24-2)11-16-19(21)14-5-3-4-6-15(14)20(16)22/h3-8,11-12H,9-10H2,1-2H3. The van der Waals surface area contributed by atoms with Gasteiger partial charge in [0.25, 0.3) is 0 Å². The molecule has 2 aromatic rings. The summed E-state index contributed by atoms with van der Waals surface area (Å²) in [4.78, 5) is 24.9. The highest BCUT2D eigenvalue weighted by Gasteiger charge is 2.32. The Morgan fingerprint density at radius 2 is 1.56 bits per heavy atom. The smallest absolute Gasteiger partial charge is 0.197 e. The third-order valence-corrected chi connectivity index (χ3v) is 3.95. The minimum Gasteiger partial charge on any atom is -0.493 e. The molecule has 25 heavy (non-hydrogen) atoms. The zero-order valence-electron chi connectivity index (χ0n) is 14.1. The Bertz CT molecular complexity index is 814. The molecule has 3 rings (SSSR count). The lowest BCUT2D eigenvalue weighted by Gasteiger charge is -2.11. The highest BCUT2D eigenvalue weighted by atomic mass is 16.5. The molecule has 0 aliphatic heterocycles. The third kappa shape index (κ3) is 3.32. The molecule has 5 nitrogen and oxygen atoms in total. The maximum atomic E-state index is 12.4. The highest BCUT2D eigenvalue weighted by Crippen LogP contribution is 2.31. The molecule has 0 atom stereocenters. The number of carbonyl (C=O) groups is 2. The summed E-state index contributed by atoms with van der Waals surface area (Å²) < 4.78 is 15.9. The van der Waals surface area contributed by atoms with Crippen molar-refractivity contribution in [2.45, 2.75) is 0 Å². The van der Waals surface area contributed by atoms with Crippen molar-refractivity contribution in [3.63, 3.8) is 0 Å². The van der Waals surface area contributed by atoms with Gasteiger partial charge in [-0.05, 0) is 23.8 Å². The number of benzene rings is 2. The predicted octanol–water partition coefficient (Wildman–Crippen LogP) is 3.18. The van der Waals surface area contributed by atoms with Gasteiger partial charge >= 0.3 is 0 Å². The molecule has 2 aromatic carbocycles. The van der Waals surface area contributed by atoms with Crippen LogP contribution in [-0.2, 0) is 4.74 Å². The maximum Gasteiger partial charge on any atom is 0.197 e. The Labute approximate surface area is 145 Å². The largest absolute Gasteiger partial charge is 0.493 e. The van der Waals surface area contributed by atoms with Gasteiger partial charge in [0.15, 0.2) is 23.1 Å². The van der Waals surface area contributed by atoms with Gasteiger partial charge in [0, 0.05) is 18.2 Å². The van der Waals surface area contributed by atoms with Gasteiger partial charge in [-0.1, -0.05) is 30.3 Å². The monoisotopic (exact) mass is 338 g/mol. The van der Waals surface area contributed by atoms with Gasteiger partial charge in [-0.15, -0.1) is 0 Å². The topological polar surface area (TPSA) is 61.8 Å². The second-order valence-corrected chi connectivity index (χ2v) is 5.51. The maximum absolute atomic E-state index is 12.4. The summed E-state index contributed by atoms with van der Waals surface area (Å²) in [5, 5.41) is 0. The summed E-state index contributed by atoms with van der Waals surface area (Å²) >= 11 is 0. The summed E-state index contributed by atoms with van der Waals surface area (Å²) in [6, 6.07) is 12.1. The lowest BCUT2D eigenvalue weighted by atomic mass is 10.1. The second-order valence-electron chi connectivity index (χ2n) is 5.51. The number of Topliss-reactive ketones (excluding diaryl/α,β-unsaturated/α-hetero) is 2. The molecule has 128 valence electrons. The van der Waals surface area contributed by atoms with Crippen LogP contribution in [-0.4, -0.2) is 39.0 Å². The lowest BCUT2D eigenvalue weighted by Crippen LogP contribution is -2.05. The molecule has 1 aliphatic rings. The number of ether oxygens (including phenoxy) is 3. The van der Waals surface area contributed by atoms with Crippen molar-refractivity contribution in [3.05, 3.63) is 64.7 Å². The fourth-order valence-electron chi connectivity index (χ4n) is 2.70. The fraction of sp³-hybridized carbons (Fsp3) is 0.200. The third-order valence-electron chi connectivity index (χ3n) is 3.95. The molecule has 0 saturated heterocycles. The molecule has 1 aliphatic carbocycles. The molecule has 0 unspecified atom stereocenters. The van der Waals surface area contributed by atoms with Crippen molar-refractivity contribution < 1.29 is 23.8 Å². The van der Waals surface area contributed by atoms with E-state index in [1.807, 2.05) is 0 Å². The van der Waals surface area contributed by atoms with Crippen molar-refractivity contribution in [1.29, 1.82) is 0 Å². The Hall–Kier alpha value is -2.92. The molecule has 0 aromatic heterocycles. The van der Waals surface area contributed by atoms with Gasteiger partial charge in [-0.25, -0.2) is 0 Å². The van der Waals surface area contributed by atoms with Crippen LogP contribution in [0.3, 0.4) is 0 Å². The van der Waals surface area contributed by atoms with Crippen molar-refractivity contribution in [2.24, 2.45) is 0 Å². The fourth-order valence-corrected chi connectivity index (χ4v) is 2.70. The van der Waals surface area contributed by atoms with Gasteiger partial charge < -0.3 is 14.2 Å². The van der Waals surface area contributed by atoms with E-state index < -0.39 is 0 Å². The number of hydrogen-bond donors (Lipinski definition) is 0. The van der Waals surface area contributed by atoms with Crippen LogP contribution in [0.2, 0.25) is 0 Å². The predicted molar refractivity (Wildman–Crippen MR) is 93.4 cm³/mol. The number of hydrogen-bond acceptors (Lipinski definition) is 5. The minimum atomic E-state index is -0.250. The Balaban J connectivity index is 1.89. The number of ketones is 2. The van der Waals surface area contributed by atoms with Gasteiger partial charge in [0.2, 0.25) is 0 Å². The van der Waals surface area contributed by atoms with Crippen LogP contribution in [0.25, 0.3) is 6.08 Å². The van der Waals surface area contributed by atoms with Gasteiger partial charge in [-0.3, -0.25) is 9.59 Å². The molecular formula is C20H18O5. The minimum absolute atomic E-state index is 0.163. The summed E-state index contributed by atoms with van der Waals surface area (Å²) in [5.41, 5.74) is 1.76. The van der Waals surface area contributed by atoms with E-state index in [-0.39, 0.29) is 17.1 Å². The van der Waals surface area contributed by atoms with E-state index in [9.17, 15) is 9.59 Å². The summed E-state index contributed by atoms with van der Waals surface area (Å²) in [6.45, 7) is 0.871. The number of carbonyl (C=O) groups excluding carboxylic acids is 2. The van der Waals surface area contributed by atoms with Crippen molar-refractivity contribution in [2.75, 3.05) is 27.4 Å². The number of fused-ring (bicyclic) bond motifs is 1. The van der Waals surface area contributed by atoms with Crippen molar-refractivity contribution >= 4 is 17.6 Å². The van der Waals surface area contributed by atoms with Crippen LogP contribution in [0.1, 0.15) is 26.3 Å². The van der Waals surface area contributed by atoms with Crippen LogP contribution >= 0.6 is 0 Å². The first kappa shape index (κ1) is 16.9. The molecule has 0 N–H and O–H groups in total. The number of methoxy groups -OCH3 is 2. The molecule has 0 saturated carbocycles. The summed E-state index contributed by atoms with van der Waals surface area (Å²) in [6.07, 6.45) is 1.59. The van der Waals surface area contributed by atoms with Gasteiger partial charge in [-0.2, -0.15) is 0 Å². The molecule has 0 amide bonds. The second kappa shape index (κ2) is 7.32. The number of allylic oxidation sites excluding steroid dienone is 1. The first-order valence-corrected chi connectivity index (χ1v) is 7.85. The first-order chi connectivity index (χ1) is 12.2.